The zero-order chi connectivity index (χ0) is 10.9. The molecule has 1 fully saturated rings. The van der Waals surface area contributed by atoms with Crippen LogP contribution in [0, 0.1) is 5.92 Å². The second-order valence-corrected chi connectivity index (χ2v) is 6.72. The van der Waals surface area contributed by atoms with Crippen molar-refractivity contribution in [3.63, 3.8) is 0 Å². The summed E-state index contributed by atoms with van der Waals surface area (Å²) in [6.45, 7) is 6.91. The average molecular weight is 220 g/mol. The van der Waals surface area contributed by atoms with Crippen molar-refractivity contribution in [1.82, 2.24) is 0 Å². The van der Waals surface area contributed by atoms with Crippen LogP contribution in [-0.4, -0.2) is 5.75 Å². The molecule has 0 nitrogen and oxygen atoms in total. The summed E-state index contributed by atoms with van der Waals surface area (Å²) in [6, 6.07) is 9.26. The van der Waals surface area contributed by atoms with Crippen LogP contribution in [-0.2, 0) is 11.2 Å². The predicted octanol–water partition coefficient (Wildman–Crippen LogP) is 4.24. The summed E-state index contributed by atoms with van der Waals surface area (Å²) in [5.41, 5.74) is 2.98. The normalized spacial score (nSPS) is 25.3. The van der Waals surface area contributed by atoms with Crippen LogP contribution >= 0.6 is 11.8 Å². The lowest BCUT2D eigenvalue weighted by Gasteiger charge is -2.38. The molecule has 1 aromatic carbocycles. The van der Waals surface area contributed by atoms with E-state index in [-0.39, 0.29) is 0 Å². The van der Waals surface area contributed by atoms with Crippen molar-refractivity contribution in [3.8, 4) is 0 Å². The highest BCUT2D eigenvalue weighted by molar-refractivity contribution is 8.01. The van der Waals surface area contributed by atoms with Gasteiger partial charge in [0.15, 0.2) is 0 Å². The first kappa shape index (κ1) is 11.1. The molecule has 1 aromatic rings. The highest BCUT2D eigenvalue weighted by Gasteiger charge is 2.34. The molecule has 1 heteroatoms. The summed E-state index contributed by atoms with van der Waals surface area (Å²) in [5, 5.41) is 0. The van der Waals surface area contributed by atoms with Gasteiger partial charge in [0.25, 0.3) is 0 Å². The monoisotopic (exact) mass is 220 g/mol. The van der Waals surface area contributed by atoms with Gasteiger partial charge in [-0.1, -0.05) is 38.1 Å². The van der Waals surface area contributed by atoms with Gasteiger partial charge in [0.1, 0.15) is 0 Å². The van der Waals surface area contributed by atoms with E-state index in [2.05, 4.69) is 56.8 Å². The standard InChI is InChI=1S/C14H20S/c1-11(2)10-12-4-6-13(7-5-12)14(3)8-9-15-14/h4-7,11H,8-10H2,1-3H3. The maximum absolute atomic E-state index is 2.36. The summed E-state index contributed by atoms with van der Waals surface area (Å²) in [5.74, 6) is 2.08. The van der Waals surface area contributed by atoms with E-state index in [1.807, 2.05) is 0 Å². The van der Waals surface area contributed by atoms with Gasteiger partial charge < -0.3 is 0 Å². The molecule has 1 atom stereocenters. The van der Waals surface area contributed by atoms with Crippen molar-refractivity contribution < 1.29 is 0 Å². The number of benzene rings is 1. The largest absolute Gasteiger partial charge is 0.151 e. The van der Waals surface area contributed by atoms with Crippen LogP contribution in [0.2, 0.25) is 0 Å². The Balaban J connectivity index is 2.10. The summed E-state index contributed by atoms with van der Waals surface area (Å²) in [4.78, 5) is 0. The van der Waals surface area contributed by atoms with Crippen LogP contribution < -0.4 is 0 Å². The molecule has 1 aliphatic heterocycles. The minimum atomic E-state index is 0.413. The zero-order valence-corrected chi connectivity index (χ0v) is 10.7. The molecule has 1 saturated heterocycles. The lowest BCUT2D eigenvalue weighted by Crippen LogP contribution is -2.27. The predicted molar refractivity (Wildman–Crippen MR) is 69.4 cm³/mol. The number of thioether (sulfide) groups is 1. The van der Waals surface area contributed by atoms with E-state index in [9.17, 15) is 0 Å². The first-order valence-electron chi connectivity index (χ1n) is 5.83. The molecule has 0 aliphatic carbocycles. The van der Waals surface area contributed by atoms with Gasteiger partial charge >= 0.3 is 0 Å². The SMILES string of the molecule is CC(C)Cc1ccc(C2(C)CCS2)cc1. The summed E-state index contributed by atoms with van der Waals surface area (Å²) >= 11 is 2.08. The van der Waals surface area contributed by atoms with Gasteiger partial charge in [-0.25, -0.2) is 0 Å². The minimum Gasteiger partial charge on any atom is -0.151 e. The van der Waals surface area contributed by atoms with E-state index >= 15 is 0 Å². The fraction of sp³-hybridized carbons (Fsp3) is 0.571. The van der Waals surface area contributed by atoms with Crippen LogP contribution in [0.4, 0.5) is 0 Å². The molecule has 1 unspecified atom stereocenters. The molecule has 2 rings (SSSR count). The number of hydrogen-bond acceptors (Lipinski definition) is 1. The Labute approximate surface area is 97.5 Å². The fourth-order valence-corrected chi connectivity index (χ4v) is 3.22. The highest BCUT2D eigenvalue weighted by atomic mass is 32.2. The Hall–Kier alpha value is -0.430. The summed E-state index contributed by atoms with van der Waals surface area (Å²) in [6.07, 6.45) is 2.53. The summed E-state index contributed by atoms with van der Waals surface area (Å²) in [7, 11) is 0. The third kappa shape index (κ3) is 2.39. The van der Waals surface area contributed by atoms with E-state index in [1.54, 1.807) is 0 Å². The minimum absolute atomic E-state index is 0.413. The second-order valence-electron chi connectivity index (χ2n) is 5.12. The molecule has 1 aliphatic rings. The van der Waals surface area contributed by atoms with Crippen molar-refractivity contribution in [2.75, 3.05) is 5.75 Å². The van der Waals surface area contributed by atoms with Crippen molar-refractivity contribution in [1.29, 1.82) is 0 Å². The molecular formula is C14H20S. The fourth-order valence-electron chi connectivity index (χ4n) is 2.10. The second kappa shape index (κ2) is 4.21. The maximum Gasteiger partial charge on any atom is 0.0388 e. The Morgan fingerprint density at radius 2 is 1.87 bits per heavy atom. The number of rotatable bonds is 3. The highest BCUT2D eigenvalue weighted by Crippen LogP contribution is 2.48. The van der Waals surface area contributed by atoms with Gasteiger partial charge in [-0.2, -0.15) is 11.8 Å². The molecule has 0 saturated carbocycles. The Kier molecular flexibility index (Phi) is 3.11. The van der Waals surface area contributed by atoms with Crippen molar-refractivity contribution in [3.05, 3.63) is 35.4 Å². The lowest BCUT2D eigenvalue weighted by molar-refractivity contribution is 0.623. The quantitative estimate of drug-likeness (QED) is 0.734. The Morgan fingerprint density at radius 1 is 1.27 bits per heavy atom. The summed E-state index contributed by atoms with van der Waals surface area (Å²) < 4.78 is 0.413. The van der Waals surface area contributed by atoms with Gasteiger partial charge in [0, 0.05) is 4.75 Å². The van der Waals surface area contributed by atoms with Gasteiger partial charge in [0.05, 0.1) is 0 Å². The average Bonchev–Trinajstić information content (AvgIpc) is 2.14. The van der Waals surface area contributed by atoms with Crippen LogP contribution in [0.15, 0.2) is 24.3 Å². The lowest BCUT2D eigenvalue weighted by atomic mass is 9.94. The third-order valence-electron chi connectivity index (χ3n) is 3.21. The molecule has 0 spiro atoms. The van der Waals surface area contributed by atoms with Gasteiger partial charge in [-0.05, 0) is 42.6 Å². The molecule has 1 heterocycles. The van der Waals surface area contributed by atoms with Crippen LogP contribution in [0.3, 0.4) is 0 Å². The van der Waals surface area contributed by atoms with E-state index < -0.39 is 0 Å². The van der Waals surface area contributed by atoms with Crippen molar-refractivity contribution >= 4 is 11.8 Å². The Morgan fingerprint density at radius 3 is 2.27 bits per heavy atom. The zero-order valence-electron chi connectivity index (χ0n) is 9.92. The molecule has 82 valence electrons. The third-order valence-corrected chi connectivity index (χ3v) is 4.69. The van der Waals surface area contributed by atoms with Crippen LogP contribution in [0.5, 0.6) is 0 Å². The van der Waals surface area contributed by atoms with E-state index in [0.717, 1.165) is 5.92 Å². The molecule has 0 N–H and O–H groups in total. The van der Waals surface area contributed by atoms with Gasteiger partial charge in [-0.3, -0.25) is 0 Å². The first-order chi connectivity index (χ1) is 7.10. The molecular weight excluding hydrogens is 200 g/mol. The van der Waals surface area contributed by atoms with Gasteiger partial charge in [0.2, 0.25) is 0 Å². The molecule has 0 bridgehead atoms. The van der Waals surface area contributed by atoms with Crippen molar-refractivity contribution in [2.24, 2.45) is 5.92 Å². The molecule has 0 amide bonds. The van der Waals surface area contributed by atoms with Crippen LogP contribution in [0.25, 0.3) is 0 Å². The molecule has 0 aromatic heterocycles. The van der Waals surface area contributed by atoms with E-state index in [4.69, 9.17) is 0 Å². The number of hydrogen-bond donors (Lipinski definition) is 0. The maximum atomic E-state index is 2.36. The smallest absolute Gasteiger partial charge is 0.0388 e. The van der Waals surface area contributed by atoms with Gasteiger partial charge in [-0.15, -0.1) is 0 Å². The van der Waals surface area contributed by atoms with Crippen LogP contribution in [0.1, 0.15) is 38.3 Å². The van der Waals surface area contributed by atoms with E-state index in [0.29, 0.717) is 4.75 Å². The Bertz CT molecular complexity index is 320. The first-order valence-corrected chi connectivity index (χ1v) is 6.82. The molecule has 0 radical (unpaired) electrons. The topological polar surface area (TPSA) is 0 Å². The molecule has 15 heavy (non-hydrogen) atoms. The van der Waals surface area contributed by atoms with E-state index in [1.165, 1.54) is 29.7 Å². The van der Waals surface area contributed by atoms with Crippen molar-refractivity contribution in [2.45, 2.75) is 38.4 Å².